The van der Waals surface area contributed by atoms with Crippen LogP contribution in [0, 0.1) is 0 Å². The Bertz CT molecular complexity index is 576. The van der Waals surface area contributed by atoms with E-state index in [9.17, 15) is 4.79 Å². The second-order valence-corrected chi connectivity index (χ2v) is 4.58. The third-order valence-electron chi connectivity index (χ3n) is 3.11. The third kappa shape index (κ3) is 2.87. The summed E-state index contributed by atoms with van der Waals surface area (Å²) < 4.78 is 6.99. The Morgan fingerprint density at radius 3 is 3.00 bits per heavy atom. The Kier molecular flexibility index (Phi) is 3.76. The van der Waals surface area contributed by atoms with E-state index in [0.717, 1.165) is 5.69 Å². The first-order valence-corrected chi connectivity index (χ1v) is 6.55. The smallest absolute Gasteiger partial charge is 0.243 e. The monoisotopic (exact) mass is 272 g/mol. The molecule has 1 amide bonds. The molecular weight excluding hydrogens is 256 g/mol. The van der Waals surface area contributed by atoms with E-state index in [1.807, 2.05) is 30.3 Å². The molecule has 1 unspecified atom stereocenters. The minimum atomic E-state index is -0.302. The SMILES string of the molecule is O=C(Nc1cnn(-c2ccccc2)c1)C1COCCN1. The van der Waals surface area contributed by atoms with Crippen LogP contribution >= 0.6 is 0 Å². The molecule has 0 radical (unpaired) electrons. The minimum absolute atomic E-state index is 0.0997. The number of morpholine rings is 1. The molecule has 3 rings (SSSR count). The van der Waals surface area contributed by atoms with Gasteiger partial charge in [-0.05, 0) is 12.1 Å². The van der Waals surface area contributed by atoms with E-state index in [-0.39, 0.29) is 11.9 Å². The summed E-state index contributed by atoms with van der Waals surface area (Å²) in [5.41, 5.74) is 1.62. The van der Waals surface area contributed by atoms with Crippen LogP contribution in [0.15, 0.2) is 42.7 Å². The maximum absolute atomic E-state index is 12.0. The standard InChI is InChI=1S/C14H16N4O2/c19-14(13-10-20-7-6-15-13)17-11-8-16-18(9-11)12-4-2-1-3-5-12/h1-5,8-9,13,15H,6-7,10H2,(H,17,19). The fraction of sp³-hybridized carbons (Fsp3) is 0.286. The lowest BCUT2D eigenvalue weighted by molar-refractivity contribution is -0.120. The summed E-state index contributed by atoms with van der Waals surface area (Å²) in [5, 5.41) is 10.2. The highest BCUT2D eigenvalue weighted by Crippen LogP contribution is 2.11. The van der Waals surface area contributed by atoms with Gasteiger partial charge in [0.1, 0.15) is 6.04 Å². The third-order valence-corrected chi connectivity index (χ3v) is 3.11. The van der Waals surface area contributed by atoms with Gasteiger partial charge in [0, 0.05) is 6.54 Å². The molecule has 104 valence electrons. The molecule has 0 aliphatic carbocycles. The summed E-state index contributed by atoms with van der Waals surface area (Å²) in [4.78, 5) is 12.0. The van der Waals surface area contributed by atoms with Crippen molar-refractivity contribution in [1.82, 2.24) is 15.1 Å². The van der Waals surface area contributed by atoms with Gasteiger partial charge in [-0.1, -0.05) is 18.2 Å². The van der Waals surface area contributed by atoms with Gasteiger partial charge >= 0.3 is 0 Å². The lowest BCUT2D eigenvalue weighted by Gasteiger charge is -2.22. The average molecular weight is 272 g/mol. The van der Waals surface area contributed by atoms with Crippen molar-refractivity contribution < 1.29 is 9.53 Å². The lowest BCUT2D eigenvalue weighted by Crippen LogP contribution is -2.48. The van der Waals surface area contributed by atoms with E-state index in [0.29, 0.717) is 25.4 Å². The average Bonchev–Trinajstić information content (AvgIpc) is 2.97. The molecule has 1 aromatic heterocycles. The number of para-hydroxylation sites is 1. The number of hydrogen-bond acceptors (Lipinski definition) is 4. The second kappa shape index (κ2) is 5.85. The highest BCUT2D eigenvalue weighted by atomic mass is 16.5. The first-order chi connectivity index (χ1) is 9.83. The number of amides is 1. The van der Waals surface area contributed by atoms with Crippen molar-refractivity contribution in [3.8, 4) is 5.69 Å². The van der Waals surface area contributed by atoms with Gasteiger partial charge in [-0.3, -0.25) is 4.79 Å². The predicted octanol–water partition coefficient (Wildman–Crippen LogP) is 0.799. The number of rotatable bonds is 3. The molecule has 1 fully saturated rings. The molecule has 6 nitrogen and oxygen atoms in total. The van der Waals surface area contributed by atoms with Crippen LogP contribution in [0.3, 0.4) is 0 Å². The molecule has 1 atom stereocenters. The summed E-state index contributed by atoms with van der Waals surface area (Å²) >= 11 is 0. The summed E-state index contributed by atoms with van der Waals surface area (Å²) in [6.07, 6.45) is 3.42. The van der Waals surface area contributed by atoms with Gasteiger partial charge in [0.2, 0.25) is 5.91 Å². The van der Waals surface area contributed by atoms with Gasteiger partial charge in [-0.15, -0.1) is 0 Å². The van der Waals surface area contributed by atoms with Crippen molar-refractivity contribution in [3.63, 3.8) is 0 Å². The second-order valence-electron chi connectivity index (χ2n) is 4.58. The molecule has 1 aliphatic rings. The van der Waals surface area contributed by atoms with Gasteiger partial charge in [0.05, 0.1) is 37.0 Å². The summed E-state index contributed by atoms with van der Waals surface area (Å²) in [6.45, 7) is 1.75. The Morgan fingerprint density at radius 2 is 2.25 bits per heavy atom. The van der Waals surface area contributed by atoms with Gasteiger partial charge < -0.3 is 15.4 Å². The maximum atomic E-state index is 12.0. The van der Waals surface area contributed by atoms with E-state index in [4.69, 9.17) is 4.74 Å². The predicted molar refractivity (Wildman–Crippen MR) is 74.8 cm³/mol. The Hall–Kier alpha value is -2.18. The fourth-order valence-electron chi connectivity index (χ4n) is 2.07. The number of benzene rings is 1. The van der Waals surface area contributed by atoms with E-state index >= 15 is 0 Å². The van der Waals surface area contributed by atoms with E-state index in [1.165, 1.54) is 0 Å². The number of nitrogens with one attached hydrogen (secondary N) is 2. The minimum Gasteiger partial charge on any atom is -0.378 e. The van der Waals surface area contributed by atoms with Gasteiger partial charge in [-0.25, -0.2) is 4.68 Å². The zero-order valence-electron chi connectivity index (χ0n) is 11.0. The van der Waals surface area contributed by atoms with Gasteiger partial charge in [-0.2, -0.15) is 5.10 Å². The number of aromatic nitrogens is 2. The van der Waals surface area contributed by atoms with Crippen LogP contribution in [0.4, 0.5) is 5.69 Å². The quantitative estimate of drug-likeness (QED) is 0.867. The summed E-state index contributed by atoms with van der Waals surface area (Å²) in [6, 6.07) is 9.44. The molecule has 20 heavy (non-hydrogen) atoms. The van der Waals surface area contributed by atoms with Crippen LogP contribution in [-0.4, -0.2) is 41.5 Å². The summed E-state index contributed by atoms with van der Waals surface area (Å²) in [5.74, 6) is -0.0997. The molecule has 2 heterocycles. The molecule has 0 bridgehead atoms. The molecule has 2 N–H and O–H groups in total. The normalized spacial score (nSPS) is 18.7. The van der Waals surface area contributed by atoms with Crippen molar-refractivity contribution in [2.75, 3.05) is 25.1 Å². The van der Waals surface area contributed by atoms with Crippen LogP contribution in [0.25, 0.3) is 5.69 Å². The van der Waals surface area contributed by atoms with Crippen molar-refractivity contribution >= 4 is 11.6 Å². The molecule has 6 heteroatoms. The summed E-state index contributed by atoms with van der Waals surface area (Å²) in [7, 11) is 0. The maximum Gasteiger partial charge on any atom is 0.243 e. The van der Waals surface area contributed by atoms with Crippen molar-refractivity contribution in [3.05, 3.63) is 42.7 Å². The first-order valence-electron chi connectivity index (χ1n) is 6.55. The van der Waals surface area contributed by atoms with Crippen molar-refractivity contribution in [2.45, 2.75) is 6.04 Å². The lowest BCUT2D eigenvalue weighted by atomic mass is 10.2. The number of nitrogens with zero attached hydrogens (tertiary/aromatic N) is 2. The fourth-order valence-corrected chi connectivity index (χ4v) is 2.07. The van der Waals surface area contributed by atoms with E-state index < -0.39 is 0 Å². The van der Waals surface area contributed by atoms with Crippen LogP contribution in [-0.2, 0) is 9.53 Å². The molecule has 0 saturated carbocycles. The number of carbonyl (C=O) groups is 1. The topological polar surface area (TPSA) is 68.2 Å². The van der Waals surface area contributed by atoms with Crippen molar-refractivity contribution in [1.29, 1.82) is 0 Å². The van der Waals surface area contributed by atoms with Crippen LogP contribution < -0.4 is 10.6 Å². The van der Waals surface area contributed by atoms with Crippen LogP contribution in [0.5, 0.6) is 0 Å². The molecule has 1 saturated heterocycles. The molecule has 2 aromatic rings. The highest BCUT2D eigenvalue weighted by Gasteiger charge is 2.21. The van der Waals surface area contributed by atoms with E-state index in [1.54, 1.807) is 17.1 Å². The molecule has 1 aromatic carbocycles. The van der Waals surface area contributed by atoms with E-state index in [2.05, 4.69) is 15.7 Å². The number of ether oxygens (including phenoxy) is 1. The Labute approximate surface area is 116 Å². The molecular formula is C14H16N4O2. The van der Waals surface area contributed by atoms with Crippen LogP contribution in [0.2, 0.25) is 0 Å². The molecule has 0 spiro atoms. The highest BCUT2D eigenvalue weighted by molar-refractivity contribution is 5.94. The van der Waals surface area contributed by atoms with Crippen molar-refractivity contribution in [2.24, 2.45) is 0 Å². The largest absolute Gasteiger partial charge is 0.378 e. The first kappa shape index (κ1) is 12.8. The zero-order valence-corrected chi connectivity index (χ0v) is 11.0. The Balaban J connectivity index is 1.66. The number of hydrogen-bond donors (Lipinski definition) is 2. The molecule has 1 aliphatic heterocycles. The zero-order chi connectivity index (χ0) is 13.8. The number of carbonyl (C=O) groups excluding carboxylic acids is 1. The van der Waals surface area contributed by atoms with Gasteiger partial charge in [0.15, 0.2) is 0 Å². The number of anilines is 1. The Morgan fingerprint density at radius 1 is 1.40 bits per heavy atom. The van der Waals surface area contributed by atoms with Gasteiger partial charge in [0.25, 0.3) is 0 Å². The van der Waals surface area contributed by atoms with Crippen LogP contribution in [0.1, 0.15) is 0 Å².